The molecule has 5 aromatic rings. The maximum atomic E-state index is 13.9. The first kappa shape index (κ1) is 36.1. The third kappa shape index (κ3) is 7.64. The van der Waals surface area contributed by atoms with Gasteiger partial charge in [-0.15, -0.1) is 10.2 Å². The van der Waals surface area contributed by atoms with Gasteiger partial charge < -0.3 is 24.1 Å². The zero-order valence-electron chi connectivity index (χ0n) is 27.8. The number of hydrogen-bond donors (Lipinski definition) is 1. The number of carbonyl (C=O) groups excluding carboxylic acids is 2. The quantitative estimate of drug-likeness (QED) is 0.0435. The van der Waals surface area contributed by atoms with Gasteiger partial charge in [0.1, 0.15) is 18.1 Å². The number of benzene rings is 4. The summed E-state index contributed by atoms with van der Waals surface area (Å²) < 4.78 is 23.2. The van der Waals surface area contributed by atoms with E-state index in [0.29, 0.717) is 60.9 Å². The third-order valence-corrected chi connectivity index (χ3v) is 10.7. The molecule has 1 unspecified atom stereocenters. The van der Waals surface area contributed by atoms with Crippen LogP contribution in [0.2, 0.25) is 10.0 Å². The van der Waals surface area contributed by atoms with Crippen molar-refractivity contribution in [2.45, 2.75) is 29.7 Å². The largest absolute Gasteiger partial charge is 0.507 e. The first-order valence-electron chi connectivity index (χ1n) is 15.4. The molecule has 1 saturated heterocycles. The molecule has 0 bridgehead atoms. The predicted molar refractivity (Wildman–Crippen MR) is 199 cm³/mol. The molecule has 0 radical (unpaired) electrons. The molecular weight excluding hydrogens is 733 g/mol. The standard InChI is InChI=1S/C37H31Cl2N3O7S2/c1-20-6-5-7-21(14-20)18-49-26-12-9-22(10-13-26)32(43)30-31(24-15-28(46-2)34(48-4)29(16-24)47-3)42(35(45)33(30)44)36-40-41-37(51-36)50-19-23-8-11-25(38)17-27(23)39/h5-17,31,43H,18-19H2,1-4H3/b32-30+. The minimum atomic E-state index is -1.13. The molecule has 0 saturated carbocycles. The normalized spacial score (nSPS) is 15.3. The van der Waals surface area contributed by atoms with Crippen LogP contribution in [0.3, 0.4) is 0 Å². The van der Waals surface area contributed by atoms with E-state index in [0.717, 1.165) is 28.0 Å². The highest BCUT2D eigenvalue weighted by Gasteiger charge is 2.49. The van der Waals surface area contributed by atoms with Gasteiger partial charge in [-0.1, -0.05) is 82.2 Å². The number of aryl methyl sites for hydroxylation is 1. The zero-order chi connectivity index (χ0) is 36.2. The molecule has 51 heavy (non-hydrogen) atoms. The Balaban J connectivity index is 1.37. The van der Waals surface area contributed by atoms with Gasteiger partial charge in [0.15, 0.2) is 15.8 Å². The van der Waals surface area contributed by atoms with Crippen LogP contribution in [0.25, 0.3) is 5.76 Å². The Morgan fingerprint density at radius 3 is 2.29 bits per heavy atom. The summed E-state index contributed by atoms with van der Waals surface area (Å²) in [6, 6.07) is 22.0. The lowest BCUT2D eigenvalue weighted by Gasteiger charge is -2.24. The second-order valence-corrected chi connectivity index (χ2v) is 14.3. The van der Waals surface area contributed by atoms with Crippen LogP contribution in [-0.4, -0.2) is 48.3 Å². The van der Waals surface area contributed by atoms with Crippen LogP contribution < -0.4 is 23.8 Å². The number of carbonyl (C=O) groups is 2. The van der Waals surface area contributed by atoms with E-state index in [9.17, 15) is 14.7 Å². The Labute approximate surface area is 312 Å². The van der Waals surface area contributed by atoms with Gasteiger partial charge in [0.25, 0.3) is 5.78 Å². The Kier molecular flexibility index (Phi) is 11.1. The predicted octanol–water partition coefficient (Wildman–Crippen LogP) is 8.68. The van der Waals surface area contributed by atoms with Crippen molar-refractivity contribution in [3.05, 3.63) is 122 Å². The topological polar surface area (TPSA) is 120 Å². The SMILES string of the molecule is COc1cc(C2/C(=C(\O)c3ccc(OCc4cccc(C)c4)cc3)C(=O)C(=O)N2c2nnc(SCc3ccc(Cl)cc3Cl)s2)cc(OC)c1OC. The Hall–Kier alpha value is -4.75. The molecule has 1 amide bonds. The number of anilines is 1. The molecule has 0 spiro atoms. The number of rotatable bonds is 12. The summed E-state index contributed by atoms with van der Waals surface area (Å²) in [5, 5.41) is 21.5. The van der Waals surface area contributed by atoms with Gasteiger partial charge in [-0.25, -0.2) is 0 Å². The van der Waals surface area contributed by atoms with Gasteiger partial charge >= 0.3 is 5.91 Å². The van der Waals surface area contributed by atoms with Crippen LogP contribution in [0.15, 0.2) is 88.8 Å². The summed E-state index contributed by atoms with van der Waals surface area (Å²) >= 11 is 14.9. The van der Waals surface area contributed by atoms with Gasteiger partial charge in [0, 0.05) is 21.4 Å². The van der Waals surface area contributed by atoms with Crippen LogP contribution in [0, 0.1) is 6.92 Å². The number of nitrogens with zero attached hydrogens (tertiary/aromatic N) is 3. The summed E-state index contributed by atoms with van der Waals surface area (Å²) in [5.41, 5.74) is 3.54. The fourth-order valence-corrected chi connectivity index (χ4v) is 8.00. The minimum absolute atomic E-state index is 0.152. The lowest BCUT2D eigenvalue weighted by atomic mass is 9.94. The van der Waals surface area contributed by atoms with E-state index in [1.54, 1.807) is 48.5 Å². The van der Waals surface area contributed by atoms with Crippen molar-refractivity contribution in [2.75, 3.05) is 26.2 Å². The molecule has 2 heterocycles. The van der Waals surface area contributed by atoms with E-state index in [1.807, 2.05) is 37.3 Å². The summed E-state index contributed by atoms with van der Waals surface area (Å²) in [7, 11) is 4.39. The number of ketones is 1. The highest BCUT2D eigenvalue weighted by atomic mass is 35.5. The highest BCUT2D eigenvalue weighted by molar-refractivity contribution is 8.00. The van der Waals surface area contributed by atoms with E-state index in [-0.39, 0.29) is 16.5 Å². The molecule has 1 aliphatic rings. The molecule has 1 fully saturated rings. The maximum absolute atomic E-state index is 13.9. The van der Waals surface area contributed by atoms with Crippen molar-refractivity contribution in [1.82, 2.24) is 10.2 Å². The molecule has 14 heteroatoms. The number of aliphatic hydroxyl groups is 1. The highest BCUT2D eigenvalue weighted by Crippen LogP contribution is 2.48. The average Bonchev–Trinajstić information content (AvgIpc) is 3.70. The number of thioether (sulfide) groups is 1. The second-order valence-electron chi connectivity index (χ2n) is 11.3. The number of aliphatic hydroxyl groups excluding tert-OH is 1. The third-order valence-electron chi connectivity index (χ3n) is 8.03. The van der Waals surface area contributed by atoms with Crippen molar-refractivity contribution in [2.24, 2.45) is 0 Å². The lowest BCUT2D eigenvalue weighted by molar-refractivity contribution is -0.132. The van der Waals surface area contributed by atoms with E-state index in [4.69, 9.17) is 42.1 Å². The number of hydrogen-bond acceptors (Lipinski definition) is 11. The molecule has 262 valence electrons. The first-order chi connectivity index (χ1) is 24.6. The molecule has 4 aromatic carbocycles. The maximum Gasteiger partial charge on any atom is 0.301 e. The van der Waals surface area contributed by atoms with Crippen LogP contribution in [0.4, 0.5) is 5.13 Å². The monoisotopic (exact) mass is 763 g/mol. The number of halogens is 2. The molecule has 1 atom stereocenters. The van der Waals surface area contributed by atoms with Gasteiger partial charge in [-0.2, -0.15) is 0 Å². The summed E-state index contributed by atoms with van der Waals surface area (Å²) in [6.45, 7) is 2.37. The van der Waals surface area contributed by atoms with Crippen LogP contribution in [0.5, 0.6) is 23.0 Å². The number of amides is 1. The summed E-state index contributed by atoms with van der Waals surface area (Å²) in [5.74, 6) is -0.237. The van der Waals surface area contributed by atoms with Gasteiger partial charge in [0.05, 0.1) is 32.9 Å². The number of Topliss-reactive ketones (excluding diaryl/α,β-unsaturated/α-hetero) is 1. The number of methoxy groups -OCH3 is 3. The summed E-state index contributed by atoms with van der Waals surface area (Å²) in [6.07, 6.45) is 0. The number of aromatic nitrogens is 2. The Morgan fingerprint density at radius 2 is 1.65 bits per heavy atom. The fourth-order valence-electron chi connectivity index (χ4n) is 5.57. The van der Waals surface area contributed by atoms with E-state index in [1.165, 1.54) is 38.0 Å². The van der Waals surface area contributed by atoms with Crippen LogP contribution in [-0.2, 0) is 21.9 Å². The van der Waals surface area contributed by atoms with E-state index >= 15 is 0 Å². The molecule has 10 nitrogen and oxygen atoms in total. The smallest absolute Gasteiger partial charge is 0.301 e. The van der Waals surface area contributed by atoms with Crippen LogP contribution in [0.1, 0.15) is 33.9 Å². The Bertz CT molecular complexity index is 2110. The van der Waals surface area contributed by atoms with E-state index in [2.05, 4.69) is 10.2 Å². The van der Waals surface area contributed by atoms with Crippen LogP contribution >= 0.6 is 46.3 Å². The molecule has 1 N–H and O–H groups in total. The van der Waals surface area contributed by atoms with Gasteiger partial charge in [0.2, 0.25) is 10.9 Å². The van der Waals surface area contributed by atoms with Crippen molar-refractivity contribution < 1.29 is 33.6 Å². The molecule has 0 aliphatic carbocycles. The van der Waals surface area contributed by atoms with Crippen molar-refractivity contribution in [3.8, 4) is 23.0 Å². The van der Waals surface area contributed by atoms with Crippen molar-refractivity contribution >= 4 is 68.9 Å². The molecule has 1 aromatic heterocycles. The molecule has 1 aliphatic heterocycles. The van der Waals surface area contributed by atoms with Crippen molar-refractivity contribution in [3.63, 3.8) is 0 Å². The number of ether oxygens (including phenoxy) is 4. The minimum Gasteiger partial charge on any atom is -0.507 e. The zero-order valence-corrected chi connectivity index (χ0v) is 31.0. The summed E-state index contributed by atoms with van der Waals surface area (Å²) in [4.78, 5) is 28.9. The molecule has 6 rings (SSSR count). The first-order valence-corrected chi connectivity index (χ1v) is 18.0. The fraction of sp³-hybridized carbons (Fsp3) is 0.189. The van der Waals surface area contributed by atoms with Gasteiger partial charge in [-0.3, -0.25) is 14.5 Å². The lowest BCUT2D eigenvalue weighted by Crippen LogP contribution is -2.29. The second kappa shape index (κ2) is 15.6. The Morgan fingerprint density at radius 1 is 0.922 bits per heavy atom. The molecular formula is C37H31Cl2N3O7S2. The van der Waals surface area contributed by atoms with Crippen molar-refractivity contribution in [1.29, 1.82) is 0 Å². The van der Waals surface area contributed by atoms with Gasteiger partial charge in [-0.05, 0) is 72.1 Å². The van der Waals surface area contributed by atoms with E-state index < -0.39 is 17.7 Å². The average molecular weight is 765 g/mol.